The van der Waals surface area contributed by atoms with E-state index in [9.17, 15) is 8.39 Å². The van der Waals surface area contributed by atoms with Gasteiger partial charge >= 0.3 is 27.2 Å². The van der Waals surface area contributed by atoms with Crippen LogP contribution in [-0.4, -0.2) is 0 Å². The molecule has 5 heteroatoms. The fraction of sp³-hybridized carbons (Fsp3) is 0. The van der Waals surface area contributed by atoms with Crippen molar-refractivity contribution in [2.75, 3.05) is 0 Å². The maximum absolute atomic E-state index is 10.1. The Morgan fingerprint density at radius 1 is 1.60 bits per heavy atom. The summed E-state index contributed by atoms with van der Waals surface area (Å²) in [7, 11) is -3.37. The quantitative estimate of drug-likeness (QED) is 0.296. The monoisotopic (exact) mass is 92.0 g/mol. The van der Waals surface area contributed by atoms with Crippen LogP contribution in [0.2, 0.25) is 0 Å². The van der Waals surface area contributed by atoms with Crippen LogP contribution in [0.1, 0.15) is 1.43 Å². The molecule has 0 saturated heterocycles. The van der Waals surface area contributed by atoms with Gasteiger partial charge in [-0.2, -0.15) is 0 Å². The molecule has 0 aliphatic heterocycles. The Labute approximate surface area is 42.9 Å². The summed E-state index contributed by atoms with van der Waals surface area (Å²) >= 11 is 0. The minimum Gasteiger partial charge on any atom is -1.00 e. The van der Waals surface area contributed by atoms with E-state index in [-0.39, 0.29) is 20.3 Å². The average Bonchev–Trinajstić information content (AvgIpc) is 0.811. The van der Waals surface area contributed by atoms with Crippen LogP contribution in [0.5, 0.6) is 0 Å². The molecular weight excluding hydrogens is 89.9 g/mol. The largest absolute Gasteiger partial charge is 1.00 e. The smallest absolute Gasteiger partial charge is 1.00 e. The summed E-state index contributed by atoms with van der Waals surface area (Å²) in [4.78, 5) is 0. The van der Waals surface area contributed by atoms with Gasteiger partial charge in [-0.1, -0.05) is 5.16 Å². The van der Waals surface area contributed by atoms with Gasteiger partial charge in [-0.25, -0.2) is 0 Å². The van der Waals surface area contributed by atoms with Crippen LogP contribution in [0, 0.1) is 5.16 Å². The van der Waals surface area contributed by atoms with Crippen molar-refractivity contribution in [1.82, 2.24) is 0 Å². The second kappa shape index (κ2) is 4.56. The van der Waals surface area contributed by atoms with Crippen LogP contribution in [-0.2, 0) is 0 Å². The van der Waals surface area contributed by atoms with Crippen LogP contribution in [0.4, 0.5) is 8.39 Å². The first-order valence-corrected chi connectivity index (χ1v) is 1.69. The van der Waals surface area contributed by atoms with E-state index >= 15 is 0 Å². The fourth-order valence-corrected chi connectivity index (χ4v) is 0. The number of hydrogen-bond acceptors (Lipinski definition) is 1. The number of hydrogen-bond donors (Lipinski definition) is 1. The van der Waals surface area contributed by atoms with E-state index in [1.54, 1.807) is 0 Å². The second-order valence-corrected chi connectivity index (χ2v) is 0.699. The van der Waals surface area contributed by atoms with Crippen LogP contribution in [0.15, 0.2) is 0 Å². The maximum Gasteiger partial charge on any atom is 1.00 e. The van der Waals surface area contributed by atoms with Crippen molar-refractivity contribution >= 4 is 8.33 Å². The minimum absolute atomic E-state index is 0. The van der Waals surface area contributed by atoms with Crippen LogP contribution < -0.4 is 18.9 Å². The van der Waals surface area contributed by atoms with Crippen molar-refractivity contribution in [2.24, 2.45) is 0 Å². The molecule has 0 aromatic heterocycles. The van der Waals surface area contributed by atoms with Crippen molar-refractivity contribution in [2.45, 2.75) is 0 Å². The van der Waals surface area contributed by atoms with Crippen molar-refractivity contribution in [3.05, 3.63) is 0 Å². The van der Waals surface area contributed by atoms with Crippen LogP contribution in [0.25, 0.3) is 0 Å². The van der Waals surface area contributed by atoms with Gasteiger partial charge < -0.3 is 1.43 Å². The first kappa shape index (κ1) is 9.12. The third-order valence-electron chi connectivity index (χ3n) is 0. The molecule has 1 nitrogen and oxygen atoms in total. The van der Waals surface area contributed by atoms with Gasteiger partial charge in [0.15, 0.2) is 0 Å². The molecule has 0 radical (unpaired) electrons. The Morgan fingerprint density at radius 2 is 1.60 bits per heavy atom. The first-order chi connectivity index (χ1) is 1.73. The molecular formula is H2F2LiNP+. The topological polar surface area (TPSA) is 23.9 Å². The SMILES string of the molecule is N=[P+](F)F.[H-].[Li+]. The molecule has 0 aliphatic rings. The Hall–Kier alpha value is 0.557. The van der Waals surface area contributed by atoms with Gasteiger partial charge in [0.25, 0.3) is 0 Å². The van der Waals surface area contributed by atoms with E-state index < -0.39 is 8.33 Å². The third-order valence-corrected chi connectivity index (χ3v) is 0. The summed E-state index contributed by atoms with van der Waals surface area (Å²) in [5.41, 5.74) is 0. The Bertz CT molecular complexity index is 36.5. The normalized spacial score (nSPS) is 5.20. The molecule has 0 rings (SSSR count). The summed E-state index contributed by atoms with van der Waals surface area (Å²) in [5.74, 6) is 0. The molecule has 26 valence electrons. The van der Waals surface area contributed by atoms with Crippen LogP contribution >= 0.6 is 8.33 Å². The molecule has 0 aromatic rings. The van der Waals surface area contributed by atoms with E-state index in [1.807, 2.05) is 0 Å². The predicted molar refractivity (Wildman–Crippen MR) is 13.0 cm³/mol. The van der Waals surface area contributed by atoms with E-state index in [1.165, 1.54) is 0 Å². The molecule has 0 spiro atoms. The third kappa shape index (κ3) is 95.9. The standard InChI is InChI=1S/F2HNP.Li.H/c1-4(2)3;;/h3H;;/q2*+1;-1. The molecule has 1 N–H and O–H groups in total. The Balaban J connectivity index is -0.0000000450. The van der Waals surface area contributed by atoms with Crippen molar-refractivity contribution in [3.63, 3.8) is 0 Å². The van der Waals surface area contributed by atoms with Gasteiger partial charge in [0.05, 0.1) is 8.39 Å². The molecule has 0 aliphatic carbocycles. The van der Waals surface area contributed by atoms with Crippen molar-refractivity contribution in [3.8, 4) is 0 Å². The van der Waals surface area contributed by atoms with Gasteiger partial charge in [-0.3, -0.25) is 0 Å². The first-order valence-electron chi connectivity index (χ1n) is 0.562. The summed E-state index contributed by atoms with van der Waals surface area (Å²) in [5, 5.41) is 5.31. The predicted octanol–water partition coefficient (Wildman–Crippen LogP) is -0.884. The zero-order valence-electron chi connectivity index (χ0n) is 3.70. The van der Waals surface area contributed by atoms with Gasteiger partial charge in [0.1, 0.15) is 0 Å². The molecule has 5 heavy (non-hydrogen) atoms. The zero-order valence-corrected chi connectivity index (χ0v) is 3.60. The molecule has 0 unspecified atom stereocenters. The van der Waals surface area contributed by atoms with Crippen LogP contribution in [0.3, 0.4) is 0 Å². The van der Waals surface area contributed by atoms with E-state index in [0.29, 0.717) is 0 Å². The van der Waals surface area contributed by atoms with E-state index in [2.05, 4.69) is 0 Å². The average molecular weight is 91.9 g/mol. The van der Waals surface area contributed by atoms with Crippen molar-refractivity contribution < 1.29 is 28.7 Å². The summed E-state index contributed by atoms with van der Waals surface area (Å²) in [6, 6.07) is 0. The summed E-state index contributed by atoms with van der Waals surface area (Å²) in [6.07, 6.45) is 0. The van der Waals surface area contributed by atoms with E-state index in [4.69, 9.17) is 5.16 Å². The molecule has 0 atom stereocenters. The second-order valence-electron chi connectivity index (χ2n) is 0.233. The summed E-state index contributed by atoms with van der Waals surface area (Å²) < 4.78 is 20.1. The maximum atomic E-state index is 10.1. The van der Waals surface area contributed by atoms with Gasteiger partial charge in [0, 0.05) is 0 Å². The molecule has 0 heterocycles. The van der Waals surface area contributed by atoms with Gasteiger partial charge in [-0.15, -0.1) is 0 Å². The molecule has 0 amide bonds. The number of nitrogens with one attached hydrogen (secondary N) is 1. The zero-order chi connectivity index (χ0) is 3.58. The van der Waals surface area contributed by atoms with Gasteiger partial charge in [-0.05, 0) is 0 Å². The van der Waals surface area contributed by atoms with Gasteiger partial charge in [0.2, 0.25) is 0 Å². The van der Waals surface area contributed by atoms with E-state index in [0.717, 1.165) is 0 Å². The molecule has 0 aromatic carbocycles. The fourth-order valence-electron chi connectivity index (χ4n) is 0. The Kier molecular flexibility index (Phi) is 8.31. The summed E-state index contributed by atoms with van der Waals surface area (Å²) in [6.45, 7) is 0. The molecule has 0 bridgehead atoms. The minimum atomic E-state index is -3.37. The number of rotatable bonds is 0. The number of halogens is 2. The molecule has 0 fully saturated rings. The van der Waals surface area contributed by atoms with Crippen molar-refractivity contribution in [1.29, 1.82) is 5.16 Å². The Morgan fingerprint density at radius 3 is 1.60 bits per heavy atom. The molecule has 0 saturated carbocycles.